The van der Waals surface area contributed by atoms with E-state index in [4.69, 9.17) is 4.74 Å². The van der Waals surface area contributed by atoms with Crippen molar-refractivity contribution >= 4 is 0 Å². The molecule has 0 atom stereocenters. The topological polar surface area (TPSA) is 9.23 Å². The van der Waals surface area contributed by atoms with Crippen molar-refractivity contribution in [1.29, 1.82) is 0 Å². The van der Waals surface area contributed by atoms with Crippen LogP contribution in [0.25, 0.3) is 0 Å². The maximum atomic E-state index is 6.04. The molecule has 2 aliphatic carbocycles. The summed E-state index contributed by atoms with van der Waals surface area (Å²) < 4.78 is 5.99. The van der Waals surface area contributed by atoms with Crippen LogP contribution < -0.4 is 0 Å². The fourth-order valence-corrected chi connectivity index (χ4v) is 3.88. The second kappa shape index (κ2) is 4.75. The van der Waals surface area contributed by atoms with Gasteiger partial charge in [-0.05, 0) is 0 Å². The van der Waals surface area contributed by atoms with Gasteiger partial charge in [0.25, 0.3) is 0 Å². The number of rotatable bonds is 4. The van der Waals surface area contributed by atoms with Gasteiger partial charge in [0.1, 0.15) is 0 Å². The van der Waals surface area contributed by atoms with E-state index in [-0.39, 0.29) is 3.36 Å². The van der Waals surface area contributed by atoms with Crippen molar-refractivity contribution in [2.45, 2.75) is 23.1 Å². The third-order valence-electron chi connectivity index (χ3n) is 2.81. The summed E-state index contributed by atoms with van der Waals surface area (Å²) in [7, 11) is 0. The summed E-state index contributed by atoms with van der Waals surface area (Å²) in [5.74, 6) is 0. The monoisotopic (exact) mass is 367 g/mol. The molecule has 0 aromatic rings. The molecule has 0 heterocycles. The van der Waals surface area contributed by atoms with Gasteiger partial charge in [0.2, 0.25) is 0 Å². The molecular formula is C13H15HfO. The molecule has 0 aliphatic heterocycles. The van der Waals surface area contributed by atoms with E-state index in [1.54, 1.807) is 0 Å². The van der Waals surface area contributed by atoms with Crippen LogP contribution in [0.4, 0.5) is 0 Å². The third-order valence-corrected chi connectivity index (χ3v) is 5.63. The Morgan fingerprint density at radius 2 is 1.73 bits per heavy atom. The fourth-order valence-electron chi connectivity index (χ4n) is 2.02. The zero-order valence-corrected chi connectivity index (χ0v) is 12.6. The normalized spacial score (nSPS) is 19.5. The quantitative estimate of drug-likeness (QED) is 0.696. The summed E-state index contributed by atoms with van der Waals surface area (Å²) >= 11 is 1.02. The maximum absolute atomic E-state index is 6.04. The van der Waals surface area contributed by atoms with E-state index in [9.17, 15) is 0 Å². The Morgan fingerprint density at radius 3 is 2.07 bits per heavy atom. The van der Waals surface area contributed by atoms with Gasteiger partial charge in [-0.3, -0.25) is 0 Å². The van der Waals surface area contributed by atoms with Crippen LogP contribution in [-0.4, -0.2) is 9.96 Å². The molecule has 2 rings (SSSR count). The molecule has 0 radical (unpaired) electrons. The SMILES string of the molecule is CCO[C]([Hf])(C1=CC=CC1)C1=CC=CC1. The van der Waals surface area contributed by atoms with Crippen molar-refractivity contribution < 1.29 is 29.1 Å². The van der Waals surface area contributed by atoms with Crippen molar-refractivity contribution in [2.75, 3.05) is 6.61 Å². The minimum atomic E-state index is -0.0538. The van der Waals surface area contributed by atoms with Gasteiger partial charge in [-0.2, -0.15) is 0 Å². The van der Waals surface area contributed by atoms with E-state index >= 15 is 0 Å². The number of ether oxygens (including phenoxy) is 1. The van der Waals surface area contributed by atoms with Crippen LogP contribution in [0.2, 0.25) is 0 Å². The molecule has 0 aromatic heterocycles. The number of allylic oxidation sites excluding steroid dienone is 6. The predicted octanol–water partition coefficient (Wildman–Crippen LogP) is 3.04. The van der Waals surface area contributed by atoms with Crippen LogP contribution in [0.3, 0.4) is 0 Å². The Hall–Kier alpha value is -0.210. The summed E-state index contributed by atoms with van der Waals surface area (Å²) in [5, 5.41) is 0. The van der Waals surface area contributed by atoms with E-state index in [1.807, 2.05) is 0 Å². The van der Waals surface area contributed by atoms with Crippen LogP contribution in [0.5, 0.6) is 0 Å². The molecule has 0 fully saturated rings. The molecule has 15 heavy (non-hydrogen) atoms. The molecule has 0 amide bonds. The molecule has 0 saturated heterocycles. The summed E-state index contributed by atoms with van der Waals surface area (Å²) in [6.45, 7) is 2.87. The van der Waals surface area contributed by atoms with Crippen LogP contribution in [0.15, 0.2) is 47.6 Å². The van der Waals surface area contributed by atoms with Gasteiger partial charge in [0.15, 0.2) is 0 Å². The molecule has 0 aromatic carbocycles. The van der Waals surface area contributed by atoms with E-state index in [2.05, 4.69) is 43.4 Å². The predicted molar refractivity (Wildman–Crippen MR) is 58.0 cm³/mol. The zero-order chi connectivity index (χ0) is 10.7. The average Bonchev–Trinajstić information content (AvgIpc) is 2.92. The summed E-state index contributed by atoms with van der Waals surface area (Å²) in [4.78, 5) is 0. The fraction of sp³-hybridized carbons (Fsp3) is 0.385. The van der Waals surface area contributed by atoms with Crippen molar-refractivity contribution in [3.63, 3.8) is 0 Å². The Bertz CT molecular complexity index is 331. The van der Waals surface area contributed by atoms with Gasteiger partial charge in [-0.15, -0.1) is 0 Å². The summed E-state index contributed by atoms with van der Waals surface area (Å²) in [6.07, 6.45) is 15.3. The Balaban J connectivity index is 2.23. The van der Waals surface area contributed by atoms with Crippen molar-refractivity contribution in [3.05, 3.63) is 47.6 Å². The molecular weight excluding hydrogens is 351 g/mol. The van der Waals surface area contributed by atoms with Crippen LogP contribution >= 0.6 is 0 Å². The van der Waals surface area contributed by atoms with E-state index in [1.165, 1.54) is 11.1 Å². The first-order valence-corrected chi connectivity index (χ1v) is 7.18. The molecule has 0 bridgehead atoms. The Kier molecular flexibility index (Phi) is 3.57. The molecule has 0 spiro atoms. The summed E-state index contributed by atoms with van der Waals surface area (Å²) in [6, 6.07) is 0. The molecule has 0 unspecified atom stereocenters. The standard InChI is InChI=1S/C13H15O.Hf/c1-2-14-13(11-7-3-4-8-11)12-9-5-6-10-12;/h3-7,9H,2,8,10H2,1H3;. The molecule has 0 N–H and O–H groups in total. The summed E-state index contributed by atoms with van der Waals surface area (Å²) in [5.41, 5.74) is 2.87. The van der Waals surface area contributed by atoms with Crippen LogP contribution in [-0.2, 0) is 29.1 Å². The molecule has 0 saturated carbocycles. The second-order valence-corrected chi connectivity index (χ2v) is 6.29. The van der Waals surface area contributed by atoms with Crippen LogP contribution in [0, 0.1) is 0 Å². The average molecular weight is 366 g/mol. The second-order valence-electron chi connectivity index (χ2n) is 3.76. The van der Waals surface area contributed by atoms with E-state index in [0.29, 0.717) is 0 Å². The van der Waals surface area contributed by atoms with Gasteiger partial charge in [-0.25, -0.2) is 0 Å². The van der Waals surface area contributed by atoms with Crippen LogP contribution in [0.1, 0.15) is 19.8 Å². The van der Waals surface area contributed by atoms with Gasteiger partial charge < -0.3 is 0 Å². The third kappa shape index (κ3) is 2.16. The Labute approximate surface area is 106 Å². The van der Waals surface area contributed by atoms with Crippen molar-refractivity contribution in [1.82, 2.24) is 0 Å². The molecule has 1 nitrogen and oxygen atoms in total. The van der Waals surface area contributed by atoms with Gasteiger partial charge >= 0.3 is 106 Å². The molecule has 77 valence electrons. The van der Waals surface area contributed by atoms with Gasteiger partial charge in [-0.1, -0.05) is 0 Å². The first kappa shape index (κ1) is 11.3. The van der Waals surface area contributed by atoms with Gasteiger partial charge in [0.05, 0.1) is 0 Å². The first-order chi connectivity index (χ1) is 7.27. The van der Waals surface area contributed by atoms with E-state index < -0.39 is 0 Å². The van der Waals surface area contributed by atoms with Crippen molar-refractivity contribution in [3.8, 4) is 0 Å². The number of hydrogen-bond donors (Lipinski definition) is 0. The Morgan fingerprint density at radius 1 is 1.20 bits per heavy atom. The van der Waals surface area contributed by atoms with E-state index in [0.717, 1.165) is 43.8 Å². The molecule has 2 aliphatic rings. The number of hydrogen-bond acceptors (Lipinski definition) is 1. The van der Waals surface area contributed by atoms with Gasteiger partial charge in [0, 0.05) is 0 Å². The minimum absolute atomic E-state index is 0.0538. The zero-order valence-electron chi connectivity index (χ0n) is 8.99. The first-order valence-electron chi connectivity index (χ1n) is 5.38. The molecule has 2 heteroatoms. The van der Waals surface area contributed by atoms with Crippen molar-refractivity contribution in [2.24, 2.45) is 0 Å².